The van der Waals surface area contributed by atoms with E-state index in [9.17, 15) is 14.0 Å². The number of aromatic amines is 1. The second-order valence-electron chi connectivity index (χ2n) is 5.49. The van der Waals surface area contributed by atoms with E-state index in [4.69, 9.17) is 5.21 Å². The van der Waals surface area contributed by atoms with Gasteiger partial charge in [0.1, 0.15) is 11.5 Å². The molecule has 0 unspecified atom stereocenters. The van der Waals surface area contributed by atoms with Crippen LogP contribution >= 0.6 is 0 Å². The molecule has 2 aromatic carbocycles. The third-order valence-corrected chi connectivity index (χ3v) is 3.73. The summed E-state index contributed by atoms with van der Waals surface area (Å²) in [6.07, 6.45) is 0. The van der Waals surface area contributed by atoms with Gasteiger partial charge in [0.05, 0.1) is 5.69 Å². The van der Waals surface area contributed by atoms with E-state index in [1.807, 2.05) is 0 Å². The Morgan fingerprint density at radius 1 is 1.04 bits per heavy atom. The van der Waals surface area contributed by atoms with Crippen molar-refractivity contribution in [2.45, 2.75) is 6.54 Å². The predicted octanol–water partition coefficient (Wildman–Crippen LogP) is 2.26. The minimum absolute atomic E-state index is 0.255. The summed E-state index contributed by atoms with van der Waals surface area (Å²) in [5.41, 5.74) is 4.15. The normalized spacial score (nSPS) is 10.4. The first kappa shape index (κ1) is 17.3. The monoisotopic (exact) mass is 354 g/mol. The topological polar surface area (TPSA) is 107 Å². The molecule has 0 aliphatic heterocycles. The summed E-state index contributed by atoms with van der Waals surface area (Å²) in [6, 6.07) is 13.8. The molecule has 0 fully saturated rings. The number of amides is 2. The van der Waals surface area contributed by atoms with Gasteiger partial charge in [0, 0.05) is 17.7 Å². The minimum Gasteiger partial charge on any atom is -0.347 e. The fraction of sp³-hybridized carbons (Fsp3) is 0.0556. The molecule has 1 aromatic heterocycles. The first-order valence-corrected chi connectivity index (χ1v) is 7.70. The molecule has 26 heavy (non-hydrogen) atoms. The zero-order valence-corrected chi connectivity index (χ0v) is 13.5. The van der Waals surface area contributed by atoms with Crippen LogP contribution in [0.2, 0.25) is 0 Å². The number of aromatic nitrogens is 2. The third-order valence-electron chi connectivity index (χ3n) is 3.73. The van der Waals surface area contributed by atoms with Gasteiger partial charge in [-0.2, -0.15) is 5.10 Å². The number of hydrogen-bond acceptors (Lipinski definition) is 4. The van der Waals surface area contributed by atoms with Gasteiger partial charge in [-0.05, 0) is 48.0 Å². The summed E-state index contributed by atoms with van der Waals surface area (Å²) in [6.45, 7) is 0.255. The molecule has 0 saturated heterocycles. The first-order valence-electron chi connectivity index (χ1n) is 7.70. The van der Waals surface area contributed by atoms with E-state index in [-0.39, 0.29) is 24.0 Å². The van der Waals surface area contributed by atoms with Crippen molar-refractivity contribution in [1.29, 1.82) is 0 Å². The van der Waals surface area contributed by atoms with Crippen molar-refractivity contribution in [2.75, 3.05) is 0 Å². The number of hydroxylamine groups is 1. The van der Waals surface area contributed by atoms with Gasteiger partial charge in [0.25, 0.3) is 11.8 Å². The lowest BCUT2D eigenvalue weighted by Crippen LogP contribution is -2.23. The molecule has 2 amide bonds. The molecular formula is C18H15FN4O3. The molecule has 0 radical (unpaired) electrons. The molecule has 1 heterocycles. The molecule has 3 aromatic rings. The lowest BCUT2D eigenvalue weighted by atomic mass is 10.1. The van der Waals surface area contributed by atoms with E-state index in [0.29, 0.717) is 16.8 Å². The first-order chi connectivity index (χ1) is 12.6. The van der Waals surface area contributed by atoms with Crippen LogP contribution in [-0.4, -0.2) is 27.2 Å². The molecule has 0 aliphatic rings. The van der Waals surface area contributed by atoms with Crippen LogP contribution in [0.15, 0.2) is 54.6 Å². The Hall–Kier alpha value is -3.52. The van der Waals surface area contributed by atoms with E-state index in [1.165, 1.54) is 24.3 Å². The van der Waals surface area contributed by atoms with Crippen molar-refractivity contribution in [3.05, 3.63) is 77.2 Å². The summed E-state index contributed by atoms with van der Waals surface area (Å²) < 4.78 is 13.0. The van der Waals surface area contributed by atoms with E-state index >= 15 is 0 Å². The summed E-state index contributed by atoms with van der Waals surface area (Å²) in [4.78, 5) is 23.4. The Labute approximate surface area is 147 Å². The largest absolute Gasteiger partial charge is 0.347 e. The van der Waals surface area contributed by atoms with Crippen molar-refractivity contribution >= 4 is 11.8 Å². The van der Waals surface area contributed by atoms with Gasteiger partial charge < -0.3 is 5.32 Å². The zero-order chi connectivity index (χ0) is 18.5. The average molecular weight is 354 g/mol. The van der Waals surface area contributed by atoms with Crippen LogP contribution < -0.4 is 10.8 Å². The lowest BCUT2D eigenvalue weighted by molar-refractivity contribution is 0.0706. The van der Waals surface area contributed by atoms with Gasteiger partial charge in [-0.3, -0.25) is 19.9 Å². The summed E-state index contributed by atoms with van der Waals surface area (Å²) in [5, 5.41) is 18.0. The molecule has 0 aliphatic carbocycles. The number of nitrogens with zero attached hydrogens (tertiary/aromatic N) is 1. The van der Waals surface area contributed by atoms with E-state index in [1.54, 1.807) is 35.8 Å². The Kier molecular flexibility index (Phi) is 5.04. The number of carbonyl (C=O) groups is 2. The number of carbonyl (C=O) groups excluding carboxylic acids is 2. The maximum absolute atomic E-state index is 13.0. The second-order valence-corrected chi connectivity index (χ2v) is 5.49. The van der Waals surface area contributed by atoms with Gasteiger partial charge in [-0.15, -0.1) is 0 Å². The smallest absolute Gasteiger partial charge is 0.274 e. The molecular weight excluding hydrogens is 339 g/mol. The van der Waals surface area contributed by atoms with Gasteiger partial charge in [0.2, 0.25) is 0 Å². The maximum Gasteiger partial charge on any atom is 0.274 e. The summed E-state index contributed by atoms with van der Waals surface area (Å²) in [5.74, 6) is -1.29. The van der Waals surface area contributed by atoms with Crippen LogP contribution in [0.25, 0.3) is 11.3 Å². The van der Waals surface area contributed by atoms with E-state index in [0.717, 1.165) is 5.56 Å². The molecule has 7 nitrogen and oxygen atoms in total. The minimum atomic E-state index is -0.605. The van der Waals surface area contributed by atoms with Crippen LogP contribution in [0.1, 0.15) is 26.4 Å². The number of rotatable bonds is 5. The number of benzene rings is 2. The van der Waals surface area contributed by atoms with Crippen LogP contribution in [0.3, 0.4) is 0 Å². The Morgan fingerprint density at radius 2 is 1.73 bits per heavy atom. The number of halogens is 1. The van der Waals surface area contributed by atoms with Gasteiger partial charge in [0.15, 0.2) is 0 Å². The molecule has 0 saturated carbocycles. The van der Waals surface area contributed by atoms with Crippen molar-refractivity contribution in [1.82, 2.24) is 21.0 Å². The van der Waals surface area contributed by atoms with Gasteiger partial charge >= 0.3 is 0 Å². The maximum atomic E-state index is 13.0. The highest BCUT2D eigenvalue weighted by molar-refractivity contribution is 5.94. The number of H-pyrrole nitrogens is 1. The standard InChI is InChI=1S/C18H15FN4O3/c19-14-7-5-12(6-8-14)15-9-16(22-21-15)18(25)20-10-11-1-3-13(4-2-11)17(24)23-26/h1-9,26H,10H2,(H,20,25)(H,21,22)(H,23,24). The van der Waals surface area contributed by atoms with E-state index < -0.39 is 5.91 Å². The van der Waals surface area contributed by atoms with Crippen molar-refractivity contribution in [2.24, 2.45) is 0 Å². The Balaban J connectivity index is 1.62. The zero-order valence-electron chi connectivity index (χ0n) is 13.5. The van der Waals surface area contributed by atoms with Crippen molar-refractivity contribution in [3.63, 3.8) is 0 Å². The molecule has 0 spiro atoms. The highest BCUT2D eigenvalue weighted by Crippen LogP contribution is 2.18. The van der Waals surface area contributed by atoms with Gasteiger partial charge in [-0.1, -0.05) is 12.1 Å². The number of nitrogens with one attached hydrogen (secondary N) is 3. The third kappa shape index (κ3) is 3.93. The molecule has 132 valence electrons. The van der Waals surface area contributed by atoms with Crippen molar-refractivity contribution in [3.8, 4) is 11.3 Å². The molecule has 0 bridgehead atoms. The lowest BCUT2D eigenvalue weighted by Gasteiger charge is -2.05. The average Bonchev–Trinajstić information content (AvgIpc) is 3.16. The molecule has 0 atom stereocenters. The Morgan fingerprint density at radius 3 is 2.38 bits per heavy atom. The van der Waals surface area contributed by atoms with Crippen LogP contribution in [0, 0.1) is 5.82 Å². The van der Waals surface area contributed by atoms with Crippen LogP contribution in [0.4, 0.5) is 4.39 Å². The van der Waals surface area contributed by atoms with Crippen LogP contribution in [-0.2, 0) is 6.54 Å². The molecule has 3 rings (SSSR count). The fourth-order valence-electron chi connectivity index (χ4n) is 2.32. The molecule has 8 heteroatoms. The van der Waals surface area contributed by atoms with E-state index in [2.05, 4.69) is 15.5 Å². The Bertz CT molecular complexity index is 920. The second kappa shape index (κ2) is 7.58. The van der Waals surface area contributed by atoms with Gasteiger partial charge in [-0.25, -0.2) is 9.87 Å². The predicted molar refractivity (Wildman–Crippen MR) is 90.8 cm³/mol. The SMILES string of the molecule is O=C(NO)c1ccc(CNC(=O)c2cc(-c3ccc(F)cc3)n[nH]2)cc1. The summed E-state index contributed by atoms with van der Waals surface area (Å²) in [7, 11) is 0. The fourth-order valence-corrected chi connectivity index (χ4v) is 2.32. The highest BCUT2D eigenvalue weighted by atomic mass is 19.1. The van der Waals surface area contributed by atoms with Crippen molar-refractivity contribution < 1.29 is 19.2 Å². The van der Waals surface area contributed by atoms with Crippen LogP contribution in [0.5, 0.6) is 0 Å². The molecule has 4 N–H and O–H groups in total. The number of hydrogen-bond donors (Lipinski definition) is 4. The highest BCUT2D eigenvalue weighted by Gasteiger charge is 2.11. The quantitative estimate of drug-likeness (QED) is 0.416. The summed E-state index contributed by atoms with van der Waals surface area (Å²) >= 11 is 0.